The summed E-state index contributed by atoms with van der Waals surface area (Å²) in [5, 5.41) is 9.16. The Balaban J connectivity index is 2.36. The van der Waals surface area contributed by atoms with Gasteiger partial charge < -0.3 is 9.67 Å². The summed E-state index contributed by atoms with van der Waals surface area (Å²) in [5.41, 5.74) is 0.732. The van der Waals surface area contributed by atoms with Crippen LogP contribution in [0.2, 0.25) is 0 Å². The smallest absolute Gasteiger partial charge is 0.352 e. The molecule has 0 radical (unpaired) electrons. The van der Waals surface area contributed by atoms with Gasteiger partial charge in [0.25, 0.3) is 0 Å². The standard InChI is InChI=1S/C13H17NO3/c1-9(15)10-7-12(13(16)17)14(8-10)11-5-3-2-4-6-11/h7-8,11H,2-6H2,1H3,(H,16,17). The maximum atomic E-state index is 11.3. The van der Waals surface area contributed by atoms with E-state index < -0.39 is 5.97 Å². The lowest BCUT2D eigenvalue weighted by Gasteiger charge is -2.24. The van der Waals surface area contributed by atoms with Crippen molar-refractivity contribution in [2.24, 2.45) is 0 Å². The molecule has 0 atom stereocenters. The van der Waals surface area contributed by atoms with E-state index in [0.717, 1.165) is 25.7 Å². The molecule has 1 fully saturated rings. The Kier molecular flexibility index (Phi) is 3.31. The number of carbonyl (C=O) groups is 2. The maximum absolute atomic E-state index is 11.3. The number of nitrogens with zero attached hydrogens (tertiary/aromatic N) is 1. The molecule has 0 aromatic carbocycles. The van der Waals surface area contributed by atoms with Crippen LogP contribution in [0.15, 0.2) is 12.3 Å². The molecule has 0 unspecified atom stereocenters. The monoisotopic (exact) mass is 235 g/mol. The van der Waals surface area contributed by atoms with E-state index in [2.05, 4.69) is 0 Å². The fourth-order valence-corrected chi connectivity index (χ4v) is 2.50. The number of carboxylic acids is 1. The van der Waals surface area contributed by atoms with E-state index in [1.54, 1.807) is 10.8 Å². The molecule has 92 valence electrons. The molecule has 0 aliphatic heterocycles. The SMILES string of the molecule is CC(=O)c1cc(C(=O)O)n(C2CCCCC2)c1. The van der Waals surface area contributed by atoms with Gasteiger partial charge >= 0.3 is 5.97 Å². The molecule has 1 aromatic heterocycles. The maximum Gasteiger partial charge on any atom is 0.352 e. The number of carbonyl (C=O) groups excluding carboxylic acids is 1. The van der Waals surface area contributed by atoms with Crippen LogP contribution in [0.5, 0.6) is 0 Å². The van der Waals surface area contributed by atoms with Crippen molar-refractivity contribution in [3.05, 3.63) is 23.5 Å². The van der Waals surface area contributed by atoms with Gasteiger partial charge in [-0.3, -0.25) is 4.79 Å². The van der Waals surface area contributed by atoms with Crippen molar-refractivity contribution in [3.63, 3.8) is 0 Å². The second-order valence-electron chi connectivity index (χ2n) is 4.67. The van der Waals surface area contributed by atoms with Gasteiger partial charge in [0.15, 0.2) is 5.78 Å². The van der Waals surface area contributed by atoms with E-state index in [1.807, 2.05) is 0 Å². The molecule has 1 aliphatic rings. The number of rotatable bonds is 3. The zero-order valence-electron chi connectivity index (χ0n) is 9.98. The fourth-order valence-electron chi connectivity index (χ4n) is 2.50. The minimum absolute atomic E-state index is 0.0814. The van der Waals surface area contributed by atoms with Gasteiger partial charge in [-0.05, 0) is 25.8 Å². The third-order valence-electron chi connectivity index (χ3n) is 3.44. The van der Waals surface area contributed by atoms with Crippen molar-refractivity contribution in [1.29, 1.82) is 0 Å². The van der Waals surface area contributed by atoms with E-state index in [4.69, 9.17) is 5.11 Å². The van der Waals surface area contributed by atoms with E-state index in [-0.39, 0.29) is 17.5 Å². The quantitative estimate of drug-likeness (QED) is 0.819. The second kappa shape index (κ2) is 4.73. The Morgan fingerprint density at radius 2 is 1.94 bits per heavy atom. The predicted octanol–water partition coefficient (Wildman–Crippen LogP) is 2.89. The summed E-state index contributed by atoms with van der Waals surface area (Å²) < 4.78 is 1.78. The van der Waals surface area contributed by atoms with E-state index in [1.165, 1.54) is 19.4 Å². The van der Waals surface area contributed by atoms with Crippen molar-refractivity contribution >= 4 is 11.8 Å². The molecule has 0 spiro atoms. The topological polar surface area (TPSA) is 59.3 Å². The minimum Gasteiger partial charge on any atom is -0.477 e. The van der Waals surface area contributed by atoms with Gasteiger partial charge in [-0.25, -0.2) is 4.79 Å². The van der Waals surface area contributed by atoms with Gasteiger partial charge in [0.05, 0.1) is 0 Å². The highest BCUT2D eigenvalue weighted by molar-refractivity contribution is 5.97. The number of aromatic carboxylic acids is 1. The van der Waals surface area contributed by atoms with Crippen molar-refractivity contribution in [2.75, 3.05) is 0 Å². The van der Waals surface area contributed by atoms with E-state index >= 15 is 0 Å². The molecular weight excluding hydrogens is 218 g/mol. The first-order valence-electron chi connectivity index (χ1n) is 6.05. The van der Waals surface area contributed by atoms with Crippen LogP contribution in [0.1, 0.15) is 65.9 Å². The Morgan fingerprint density at radius 1 is 1.29 bits per heavy atom. The normalized spacial score (nSPS) is 17.0. The molecule has 1 heterocycles. The van der Waals surface area contributed by atoms with E-state index in [0.29, 0.717) is 5.56 Å². The first-order valence-corrected chi connectivity index (χ1v) is 6.05. The van der Waals surface area contributed by atoms with Gasteiger partial charge in [0.1, 0.15) is 5.69 Å². The second-order valence-corrected chi connectivity index (χ2v) is 4.67. The first kappa shape index (κ1) is 11.9. The molecule has 4 heteroatoms. The van der Waals surface area contributed by atoms with Crippen molar-refractivity contribution in [3.8, 4) is 0 Å². The van der Waals surface area contributed by atoms with Gasteiger partial charge in [-0.15, -0.1) is 0 Å². The number of hydrogen-bond acceptors (Lipinski definition) is 2. The first-order chi connectivity index (χ1) is 8.09. The van der Waals surface area contributed by atoms with Crippen molar-refractivity contribution in [2.45, 2.75) is 45.1 Å². The van der Waals surface area contributed by atoms with Gasteiger partial charge in [-0.1, -0.05) is 19.3 Å². The number of ketones is 1. The largest absolute Gasteiger partial charge is 0.477 e. The average molecular weight is 235 g/mol. The lowest BCUT2D eigenvalue weighted by atomic mass is 9.95. The highest BCUT2D eigenvalue weighted by atomic mass is 16.4. The van der Waals surface area contributed by atoms with Crippen molar-refractivity contribution in [1.82, 2.24) is 4.57 Å². The van der Waals surface area contributed by atoms with E-state index in [9.17, 15) is 9.59 Å². The predicted molar refractivity (Wildman–Crippen MR) is 63.5 cm³/mol. The van der Waals surface area contributed by atoms with Crippen molar-refractivity contribution < 1.29 is 14.7 Å². The molecule has 1 aliphatic carbocycles. The third kappa shape index (κ3) is 2.40. The summed E-state index contributed by atoms with van der Waals surface area (Å²) in [6.45, 7) is 1.46. The zero-order chi connectivity index (χ0) is 12.4. The van der Waals surface area contributed by atoms with Crippen LogP contribution in [0.4, 0.5) is 0 Å². The molecular formula is C13H17NO3. The molecule has 1 N–H and O–H groups in total. The van der Waals surface area contributed by atoms with Crippen LogP contribution in [-0.4, -0.2) is 21.4 Å². The highest BCUT2D eigenvalue weighted by Gasteiger charge is 2.22. The van der Waals surface area contributed by atoms with Gasteiger partial charge in [-0.2, -0.15) is 0 Å². The molecule has 0 amide bonds. The molecule has 1 saturated carbocycles. The van der Waals surface area contributed by atoms with Gasteiger partial charge in [0, 0.05) is 17.8 Å². The fraction of sp³-hybridized carbons (Fsp3) is 0.538. The zero-order valence-corrected chi connectivity index (χ0v) is 9.98. The summed E-state index contributed by atoms with van der Waals surface area (Å²) in [6, 6.07) is 1.72. The molecule has 0 bridgehead atoms. The lowest BCUT2D eigenvalue weighted by molar-refractivity contribution is 0.0680. The van der Waals surface area contributed by atoms with Crippen LogP contribution in [0.3, 0.4) is 0 Å². The lowest BCUT2D eigenvalue weighted by Crippen LogP contribution is -2.16. The highest BCUT2D eigenvalue weighted by Crippen LogP contribution is 2.30. The summed E-state index contributed by atoms with van der Waals surface area (Å²) in [5.74, 6) is -1.04. The number of Topliss-reactive ketones (excluding diaryl/α,β-unsaturated/α-hetero) is 1. The van der Waals surface area contributed by atoms with Crippen LogP contribution >= 0.6 is 0 Å². The molecule has 2 rings (SSSR count). The number of hydrogen-bond donors (Lipinski definition) is 1. The molecule has 0 saturated heterocycles. The number of aromatic nitrogens is 1. The van der Waals surface area contributed by atoms with Gasteiger partial charge in [0.2, 0.25) is 0 Å². The molecule has 1 aromatic rings. The van der Waals surface area contributed by atoms with Crippen LogP contribution in [-0.2, 0) is 0 Å². The van der Waals surface area contributed by atoms with Crippen LogP contribution in [0.25, 0.3) is 0 Å². The number of carboxylic acid groups (broad SMARTS) is 1. The summed E-state index contributed by atoms with van der Waals surface area (Å²) in [4.78, 5) is 22.5. The minimum atomic E-state index is -0.955. The van der Waals surface area contributed by atoms with Crippen LogP contribution < -0.4 is 0 Å². The Hall–Kier alpha value is -1.58. The summed E-state index contributed by atoms with van der Waals surface area (Å²) >= 11 is 0. The summed E-state index contributed by atoms with van der Waals surface area (Å²) in [7, 11) is 0. The Labute approximate surface area is 100 Å². The molecule has 4 nitrogen and oxygen atoms in total. The Morgan fingerprint density at radius 3 is 2.47 bits per heavy atom. The average Bonchev–Trinajstić information content (AvgIpc) is 2.75. The summed E-state index contributed by atoms with van der Waals surface area (Å²) in [6.07, 6.45) is 7.20. The van der Waals surface area contributed by atoms with Crippen LogP contribution in [0, 0.1) is 0 Å². The Bertz CT molecular complexity index is 442. The molecule has 17 heavy (non-hydrogen) atoms. The third-order valence-corrected chi connectivity index (χ3v) is 3.44.